The average Bonchev–Trinajstić information content (AvgIpc) is 2.60. The number of pyridine rings is 1. The molecule has 0 saturated carbocycles. The predicted octanol–water partition coefficient (Wildman–Crippen LogP) is 2.84. The van der Waals surface area contributed by atoms with Crippen molar-refractivity contribution in [1.82, 2.24) is 9.29 Å². The monoisotopic (exact) mass is 368 g/mol. The lowest BCUT2D eigenvalue weighted by Crippen LogP contribution is -2.41. The second-order valence-corrected chi connectivity index (χ2v) is 7.91. The average molecular weight is 368 g/mol. The maximum absolute atomic E-state index is 13.4. The Labute approximate surface area is 145 Å². The molecule has 8 heteroatoms. The van der Waals surface area contributed by atoms with Crippen LogP contribution in [0.15, 0.2) is 47.6 Å². The van der Waals surface area contributed by atoms with Crippen molar-refractivity contribution < 1.29 is 21.9 Å². The number of ether oxygens (including phenoxy) is 1. The van der Waals surface area contributed by atoms with Crippen LogP contribution in [-0.2, 0) is 10.0 Å². The standard InChI is InChI=1S/C17H18F2N2O3S/c18-14-8-15(19)10-17(9-14)25(22,23)21-7-1-2-13(11-21)12-24-16-3-5-20-6-4-16/h3-6,8-10,13H,1-2,7,11-12H2. The van der Waals surface area contributed by atoms with Gasteiger partial charge in [0.2, 0.25) is 10.0 Å². The summed E-state index contributed by atoms with van der Waals surface area (Å²) in [6, 6.07) is 5.80. The number of rotatable bonds is 5. The van der Waals surface area contributed by atoms with Crippen molar-refractivity contribution in [3.05, 3.63) is 54.4 Å². The molecule has 134 valence electrons. The van der Waals surface area contributed by atoms with Gasteiger partial charge in [0.1, 0.15) is 17.4 Å². The molecule has 1 aliphatic rings. The van der Waals surface area contributed by atoms with Gasteiger partial charge in [0, 0.05) is 37.5 Å². The van der Waals surface area contributed by atoms with Gasteiger partial charge in [0.05, 0.1) is 11.5 Å². The van der Waals surface area contributed by atoms with Crippen LogP contribution in [0.1, 0.15) is 12.8 Å². The molecule has 0 N–H and O–H groups in total. The predicted molar refractivity (Wildman–Crippen MR) is 87.6 cm³/mol. The summed E-state index contributed by atoms with van der Waals surface area (Å²) < 4.78 is 59.0. The Bertz CT molecular complexity index is 811. The fourth-order valence-electron chi connectivity index (χ4n) is 2.86. The molecule has 0 radical (unpaired) electrons. The Balaban J connectivity index is 1.69. The highest BCUT2D eigenvalue weighted by Gasteiger charge is 2.31. The lowest BCUT2D eigenvalue weighted by Gasteiger charge is -2.31. The fourth-order valence-corrected chi connectivity index (χ4v) is 4.45. The van der Waals surface area contributed by atoms with E-state index in [0.717, 1.165) is 18.6 Å². The fraction of sp³-hybridized carbons (Fsp3) is 0.353. The van der Waals surface area contributed by atoms with Crippen molar-refractivity contribution in [2.75, 3.05) is 19.7 Å². The molecular weight excluding hydrogens is 350 g/mol. The van der Waals surface area contributed by atoms with E-state index in [2.05, 4.69) is 4.98 Å². The number of hydrogen-bond acceptors (Lipinski definition) is 4. The van der Waals surface area contributed by atoms with Crippen LogP contribution in [0.2, 0.25) is 0 Å². The van der Waals surface area contributed by atoms with Gasteiger partial charge in [0.15, 0.2) is 0 Å². The molecule has 3 rings (SSSR count). The Morgan fingerprint density at radius 1 is 1.16 bits per heavy atom. The summed E-state index contributed by atoms with van der Waals surface area (Å²) in [6.45, 7) is 0.950. The van der Waals surface area contributed by atoms with E-state index in [1.165, 1.54) is 4.31 Å². The minimum Gasteiger partial charge on any atom is -0.493 e. The minimum atomic E-state index is -3.94. The molecule has 1 aromatic carbocycles. The maximum atomic E-state index is 13.4. The van der Waals surface area contributed by atoms with Gasteiger partial charge in [-0.2, -0.15) is 4.31 Å². The molecule has 2 aromatic rings. The van der Waals surface area contributed by atoms with E-state index < -0.39 is 21.7 Å². The summed E-state index contributed by atoms with van der Waals surface area (Å²) >= 11 is 0. The normalized spacial score (nSPS) is 18.9. The molecule has 1 aliphatic heterocycles. The summed E-state index contributed by atoms with van der Waals surface area (Å²) in [5, 5.41) is 0. The zero-order valence-electron chi connectivity index (χ0n) is 13.4. The molecule has 1 saturated heterocycles. The number of aromatic nitrogens is 1. The summed E-state index contributed by atoms with van der Waals surface area (Å²) in [5.41, 5.74) is 0. The molecule has 1 atom stereocenters. The molecule has 0 bridgehead atoms. The summed E-state index contributed by atoms with van der Waals surface area (Å²) in [6.07, 6.45) is 4.73. The van der Waals surface area contributed by atoms with E-state index in [1.807, 2.05) is 0 Å². The van der Waals surface area contributed by atoms with E-state index in [-0.39, 0.29) is 17.4 Å². The number of hydrogen-bond donors (Lipinski definition) is 0. The number of piperidine rings is 1. The quantitative estimate of drug-likeness (QED) is 0.814. The van der Waals surface area contributed by atoms with Crippen LogP contribution in [0, 0.1) is 17.6 Å². The molecule has 2 heterocycles. The molecule has 1 aromatic heterocycles. The van der Waals surface area contributed by atoms with E-state index >= 15 is 0 Å². The molecule has 0 aliphatic carbocycles. The van der Waals surface area contributed by atoms with E-state index in [9.17, 15) is 17.2 Å². The molecule has 0 amide bonds. The third-order valence-corrected chi connectivity index (χ3v) is 5.93. The van der Waals surface area contributed by atoms with Crippen molar-refractivity contribution >= 4 is 10.0 Å². The molecular formula is C17H18F2N2O3S. The summed E-state index contributed by atoms with van der Waals surface area (Å²) in [5.74, 6) is -1.14. The van der Waals surface area contributed by atoms with Crippen LogP contribution in [0.5, 0.6) is 5.75 Å². The first-order valence-electron chi connectivity index (χ1n) is 7.94. The number of sulfonamides is 1. The number of benzene rings is 1. The first-order valence-corrected chi connectivity index (χ1v) is 9.38. The van der Waals surface area contributed by atoms with Crippen molar-refractivity contribution in [1.29, 1.82) is 0 Å². The molecule has 5 nitrogen and oxygen atoms in total. The van der Waals surface area contributed by atoms with Crippen molar-refractivity contribution in [2.45, 2.75) is 17.7 Å². The Hall–Kier alpha value is -2.06. The zero-order valence-corrected chi connectivity index (χ0v) is 14.3. The van der Waals surface area contributed by atoms with Gasteiger partial charge in [-0.3, -0.25) is 4.98 Å². The highest BCUT2D eigenvalue weighted by molar-refractivity contribution is 7.89. The minimum absolute atomic E-state index is 0.00935. The van der Waals surface area contributed by atoms with Crippen LogP contribution >= 0.6 is 0 Å². The van der Waals surface area contributed by atoms with Gasteiger partial charge in [-0.05, 0) is 37.1 Å². The van der Waals surface area contributed by atoms with Gasteiger partial charge < -0.3 is 4.74 Å². The van der Waals surface area contributed by atoms with E-state index in [1.54, 1.807) is 24.5 Å². The van der Waals surface area contributed by atoms with Gasteiger partial charge in [-0.1, -0.05) is 0 Å². The Kier molecular flexibility index (Phi) is 5.29. The zero-order chi connectivity index (χ0) is 17.9. The highest BCUT2D eigenvalue weighted by Crippen LogP contribution is 2.25. The smallest absolute Gasteiger partial charge is 0.243 e. The lowest BCUT2D eigenvalue weighted by atomic mass is 10.0. The number of nitrogens with zero attached hydrogens (tertiary/aromatic N) is 2. The first kappa shape index (κ1) is 17.8. The van der Waals surface area contributed by atoms with Crippen LogP contribution in [-0.4, -0.2) is 37.4 Å². The van der Waals surface area contributed by atoms with Crippen LogP contribution < -0.4 is 4.74 Å². The van der Waals surface area contributed by atoms with Gasteiger partial charge in [-0.25, -0.2) is 17.2 Å². The SMILES string of the molecule is O=S(=O)(c1cc(F)cc(F)c1)N1CCCC(COc2ccncc2)C1. The van der Waals surface area contributed by atoms with E-state index in [0.29, 0.717) is 31.4 Å². The topological polar surface area (TPSA) is 59.5 Å². The van der Waals surface area contributed by atoms with Crippen LogP contribution in [0.3, 0.4) is 0 Å². The third kappa shape index (κ3) is 4.32. The Morgan fingerprint density at radius 3 is 2.52 bits per heavy atom. The van der Waals surface area contributed by atoms with Crippen LogP contribution in [0.25, 0.3) is 0 Å². The number of halogens is 2. The van der Waals surface area contributed by atoms with Gasteiger partial charge in [-0.15, -0.1) is 0 Å². The largest absolute Gasteiger partial charge is 0.493 e. The third-order valence-electron chi connectivity index (χ3n) is 4.09. The van der Waals surface area contributed by atoms with Crippen molar-refractivity contribution in [2.24, 2.45) is 5.92 Å². The van der Waals surface area contributed by atoms with E-state index in [4.69, 9.17) is 4.74 Å². The molecule has 25 heavy (non-hydrogen) atoms. The van der Waals surface area contributed by atoms with Gasteiger partial charge in [0.25, 0.3) is 0 Å². The highest BCUT2D eigenvalue weighted by atomic mass is 32.2. The molecule has 0 spiro atoms. The summed E-state index contributed by atoms with van der Waals surface area (Å²) in [4.78, 5) is 3.54. The lowest BCUT2D eigenvalue weighted by molar-refractivity contribution is 0.180. The summed E-state index contributed by atoms with van der Waals surface area (Å²) in [7, 11) is -3.94. The maximum Gasteiger partial charge on any atom is 0.243 e. The van der Waals surface area contributed by atoms with Crippen molar-refractivity contribution in [3.8, 4) is 5.75 Å². The molecule has 1 unspecified atom stereocenters. The second-order valence-electron chi connectivity index (χ2n) is 5.97. The Morgan fingerprint density at radius 2 is 1.84 bits per heavy atom. The second kappa shape index (κ2) is 7.45. The van der Waals surface area contributed by atoms with Crippen molar-refractivity contribution in [3.63, 3.8) is 0 Å². The molecule has 1 fully saturated rings. The van der Waals surface area contributed by atoms with Gasteiger partial charge >= 0.3 is 0 Å². The van der Waals surface area contributed by atoms with Crippen LogP contribution in [0.4, 0.5) is 8.78 Å². The first-order chi connectivity index (χ1) is 11.9.